The van der Waals surface area contributed by atoms with Crippen molar-refractivity contribution in [3.63, 3.8) is 0 Å². The molecule has 0 bridgehead atoms. The highest BCUT2D eigenvalue weighted by molar-refractivity contribution is 5.53. The highest BCUT2D eigenvalue weighted by atomic mass is 19.3. The monoisotopic (exact) mass is 143 g/mol. The lowest BCUT2D eigenvalue weighted by Gasteiger charge is -1.83. The first kappa shape index (κ1) is 6.99. The van der Waals surface area contributed by atoms with Crippen molar-refractivity contribution < 1.29 is 13.2 Å². The molecular formula is C7H5F2O. The summed E-state index contributed by atoms with van der Waals surface area (Å²) in [5.41, 5.74) is 0.785. The molecule has 3 heteroatoms. The van der Waals surface area contributed by atoms with E-state index in [2.05, 4.69) is 11.3 Å². The number of hydrogen-bond donors (Lipinski definition) is 0. The average molecular weight is 143 g/mol. The van der Waals surface area contributed by atoms with Crippen molar-refractivity contribution in [1.29, 1.82) is 0 Å². The smallest absolute Gasteiger partial charge is 0.271 e. The van der Waals surface area contributed by atoms with E-state index in [0.717, 1.165) is 0 Å². The fourth-order valence-corrected chi connectivity index (χ4v) is 0.577. The Bertz CT molecular complexity index is 246. The van der Waals surface area contributed by atoms with Crippen LogP contribution in [0.3, 0.4) is 0 Å². The standard InChI is InChI=1S/C7H5F2O/c1-5-3-10-4-6(5)2-7(8)9/h2-4H,1H2. The molecule has 0 amide bonds. The first-order valence-corrected chi connectivity index (χ1v) is 2.61. The van der Waals surface area contributed by atoms with E-state index in [1.165, 1.54) is 12.5 Å². The number of furan rings is 1. The van der Waals surface area contributed by atoms with Gasteiger partial charge in [0.25, 0.3) is 6.08 Å². The molecule has 1 aromatic heterocycles. The van der Waals surface area contributed by atoms with E-state index in [1.54, 1.807) is 0 Å². The summed E-state index contributed by atoms with van der Waals surface area (Å²) < 4.78 is 27.7. The summed E-state index contributed by atoms with van der Waals surface area (Å²) in [5.74, 6) is 0. The fraction of sp³-hybridized carbons (Fsp3) is 0. The predicted octanol–water partition coefficient (Wildman–Crippen LogP) is 2.70. The molecule has 0 aliphatic rings. The van der Waals surface area contributed by atoms with E-state index in [0.29, 0.717) is 17.2 Å². The van der Waals surface area contributed by atoms with Crippen LogP contribution >= 0.6 is 0 Å². The van der Waals surface area contributed by atoms with Gasteiger partial charge < -0.3 is 4.42 Å². The maximum absolute atomic E-state index is 11.6. The first-order valence-electron chi connectivity index (χ1n) is 2.61. The zero-order valence-electron chi connectivity index (χ0n) is 5.10. The minimum atomic E-state index is -1.74. The van der Waals surface area contributed by atoms with Gasteiger partial charge in [0.05, 0.1) is 12.5 Å². The van der Waals surface area contributed by atoms with E-state index in [4.69, 9.17) is 0 Å². The van der Waals surface area contributed by atoms with Crippen LogP contribution in [0.5, 0.6) is 0 Å². The highest BCUT2D eigenvalue weighted by Crippen LogP contribution is 2.13. The molecule has 0 aliphatic carbocycles. The Morgan fingerprint density at radius 2 is 2.20 bits per heavy atom. The number of rotatable bonds is 1. The van der Waals surface area contributed by atoms with E-state index in [9.17, 15) is 8.78 Å². The average Bonchev–Trinajstić information content (AvgIpc) is 2.15. The minimum Gasteiger partial charge on any atom is -0.472 e. The quantitative estimate of drug-likeness (QED) is 0.589. The van der Waals surface area contributed by atoms with Crippen LogP contribution in [0.2, 0.25) is 0 Å². The Balaban J connectivity index is 2.95. The van der Waals surface area contributed by atoms with Gasteiger partial charge >= 0.3 is 0 Å². The Morgan fingerprint density at radius 3 is 2.60 bits per heavy atom. The van der Waals surface area contributed by atoms with Crippen molar-refractivity contribution in [2.24, 2.45) is 0 Å². The maximum atomic E-state index is 11.6. The van der Waals surface area contributed by atoms with Gasteiger partial charge in [0.15, 0.2) is 0 Å². The summed E-state index contributed by atoms with van der Waals surface area (Å²) in [7, 11) is 0. The summed E-state index contributed by atoms with van der Waals surface area (Å²) in [6, 6.07) is 0. The summed E-state index contributed by atoms with van der Waals surface area (Å²) in [4.78, 5) is 0. The van der Waals surface area contributed by atoms with Crippen molar-refractivity contribution in [1.82, 2.24) is 0 Å². The molecule has 0 spiro atoms. The zero-order valence-corrected chi connectivity index (χ0v) is 5.10. The Morgan fingerprint density at radius 1 is 1.50 bits per heavy atom. The van der Waals surface area contributed by atoms with Crippen molar-refractivity contribution >= 4 is 6.08 Å². The van der Waals surface area contributed by atoms with Gasteiger partial charge in [-0.1, -0.05) is 0 Å². The van der Waals surface area contributed by atoms with Crippen molar-refractivity contribution in [2.75, 3.05) is 0 Å². The zero-order chi connectivity index (χ0) is 7.56. The van der Waals surface area contributed by atoms with Crippen LogP contribution < -0.4 is 0 Å². The lowest BCUT2D eigenvalue weighted by Crippen LogP contribution is -1.69. The van der Waals surface area contributed by atoms with Crippen LogP contribution in [0.1, 0.15) is 11.1 Å². The molecule has 0 unspecified atom stereocenters. The van der Waals surface area contributed by atoms with Crippen LogP contribution in [-0.4, -0.2) is 0 Å². The number of hydrogen-bond acceptors (Lipinski definition) is 1. The molecular weight excluding hydrogens is 138 g/mol. The van der Waals surface area contributed by atoms with Crippen LogP contribution in [-0.2, 0) is 0 Å². The fourth-order valence-electron chi connectivity index (χ4n) is 0.577. The van der Waals surface area contributed by atoms with Crippen molar-refractivity contribution in [3.05, 3.63) is 36.7 Å². The Kier molecular flexibility index (Phi) is 1.85. The second-order valence-electron chi connectivity index (χ2n) is 1.79. The lowest BCUT2D eigenvalue weighted by atomic mass is 10.2. The predicted molar refractivity (Wildman–Crippen MR) is 33.4 cm³/mol. The molecule has 0 aliphatic heterocycles. The molecule has 0 fully saturated rings. The summed E-state index contributed by atoms with van der Waals surface area (Å²) >= 11 is 0. The third kappa shape index (κ3) is 1.43. The lowest BCUT2D eigenvalue weighted by molar-refractivity contribution is 0.429. The van der Waals surface area contributed by atoms with Crippen molar-refractivity contribution in [3.8, 4) is 0 Å². The second kappa shape index (κ2) is 2.64. The van der Waals surface area contributed by atoms with Crippen LogP contribution in [0.25, 0.3) is 6.08 Å². The highest BCUT2D eigenvalue weighted by Gasteiger charge is 1.98. The normalized spacial score (nSPS) is 9.50. The molecule has 0 saturated heterocycles. The van der Waals surface area contributed by atoms with Gasteiger partial charge in [-0.25, -0.2) is 0 Å². The molecule has 1 aromatic rings. The topological polar surface area (TPSA) is 13.1 Å². The molecule has 0 aromatic carbocycles. The largest absolute Gasteiger partial charge is 0.472 e. The van der Waals surface area contributed by atoms with Gasteiger partial charge in [-0.15, -0.1) is 0 Å². The molecule has 0 N–H and O–H groups in total. The molecule has 53 valence electrons. The van der Waals surface area contributed by atoms with Gasteiger partial charge in [-0.3, -0.25) is 0 Å². The van der Waals surface area contributed by atoms with Crippen LogP contribution in [0, 0.1) is 6.92 Å². The van der Waals surface area contributed by atoms with Gasteiger partial charge in [0, 0.05) is 11.6 Å². The van der Waals surface area contributed by atoms with Gasteiger partial charge in [-0.2, -0.15) is 8.78 Å². The molecule has 0 atom stereocenters. The molecule has 1 radical (unpaired) electrons. The second-order valence-corrected chi connectivity index (χ2v) is 1.79. The third-order valence-electron chi connectivity index (χ3n) is 1.04. The van der Waals surface area contributed by atoms with E-state index < -0.39 is 6.08 Å². The van der Waals surface area contributed by atoms with Gasteiger partial charge in [0.2, 0.25) is 0 Å². The van der Waals surface area contributed by atoms with Crippen LogP contribution in [0.15, 0.2) is 23.0 Å². The van der Waals surface area contributed by atoms with Gasteiger partial charge in [-0.05, 0) is 12.5 Å². The van der Waals surface area contributed by atoms with E-state index >= 15 is 0 Å². The first-order chi connectivity index (χ1) is 4.70. The molecule has 1 heterocycles. The van der Waals surface area contributed by atoms with Crippen molar-refractivity contribution in [2.45, 2.75) is 0 Å². The summed E-state index contributed by atoms with van der Waals surface area (Å²) in [6.45, 7) is 3.46. The summed E-state index contributed by atoms with van der Waals surface area (Å²) in [6.07, 6.45) is 1.51. The van der Waals surface area contributed by atoms with Gasteiger partial charge in [0.1, 0.15) is 0 Å². The minimum absolute atomic E-state index is 0.319. The Hall–Kier alpha value is -1.12. The third-order valence-corrected chi connectivity index (χ3v) is 1.04. The molecule has 1 nitrogen and oxygen atoms in total. The molecule has 0 saturated carbocycles. The van der Waals surface area contributed by atoms with E-state index in [1.807, 2.05) is 0 Å². The SMILES string of the molecule is [CH2]c1cocc1C=C(F)F. The summed E-state index contributed by atoms with van der Waals surface area (Å²) in [5, 5.41) is 0. The van der Waals surface area contributed by atoms with Crippen LogP contribution in [0.4, 0.5) is 8.78 Å². The number of halogens is 2. The maximum Gasteiger partial charge on any atom is 0.271 e. The Labute approximate surface area is 57.0 Å². The molecule has 10 heavy (non-hydrogen) atoms. The molecule has 1 rings (SSSR count). The van der Waals surface area contributed by atoms with E-state index in [-0.39, 0.29) is 0 Å².